The molecule has 0 bridgehead atoms. The summed E-state index contributed by atoms with van der Waals surface area (Å²) < 4.78 is 7.35. The van der Waals surface area contributed by atoms with Gasteiger partial charge in [0.2, 0.25) is 5.91 Å². The van der Waals surface area contributed by atoms with Crippen molar-refractivity contribution in [2.24, 2.45) is 5.92 Å². The Bertz CT molecular complexity index is 1020. The molecule has 2 aromatic carbocycles. The van der Waals surface area contributed by atoms with Gasteiger partial charge in [0.25, 0.3) is 0 Å². The Morgan fingerprint density at radius 1 is 1.17 bits per heavy atom. The molecule has 1 amide bonds. The standard InChI is InChI=1S/C24H25N3O2/c1-17(18-12-13-18)25-23(28)15-14-19-16-27(20-8-4-3-5-9-20)26-24(19)21-10-6-7-11-22(21)29-2/h3-11,14-18H,12-13H2,1-2H3,(H,25,28)/b15-14+/t17-/m0/s1. The summed E-state index contributed by atoms with van der Waals surface area (Å²) in [5.41, 5.74) is 3.46. The maximum Gasteiger partial charge on any atom is 0.244 e. The summed E-state index contributed by atoms with van der Waals surface area (Å²) in [6, 6.07) is 17.9. The van der Waals surface area contributed by atoms with Crippen molar-refractivity contribution in [3.63, 3.8) is 0 Å². The minimum absolute atomic E-state index is 0.0807. The molecule has 3 aromatic rings. The molecular formula is C24H25N3O2. The van der Waals surface area contributed by atoms with E-state index in [1.54, 1.807) is 13.2 Å². The first-order valence-electron chi connectivity index (χ1n) is 9.93. The van der Waals surface area contributed by atoms with Gasteiger partial charge in [0.05, 0.1) is 12.8 Å². The van der Waals surface area contributed by atoms with Crippen LogP contribution in [0.15, 0.2) is 66.9 Å². The van der Waals surface area contributed by atoms with Gasteiger partial charge >= 0.3 is 0 Å². The van der Waals surface area contributed by atoms with E-state index >= 15 is 0 Å². The molecule has 0 saturated heterocycles. The largest absolute Gasteiger partial charge is 0.496 e. The average Bonchev–Trinajstić information content (AvgIpc) is 3.52. The predicted molar refractivity (Wildman–Crippen MR) is 115 cm³/mol. The molecule has 5 heteroatoms. The Morgan fingerprint density at radius 3 is 2.62 bits per heavy atom. The molecule has 0 radical (unpaired) electrons. The second-order valence-corrected chi connectivity index (χ2v) is 7.38. The van der Waals surface area contributed by atoms with Gasteiger partial charge < -0.3 is 10.1 Å². The maximum absolute atomic E-state index is 12.4. The molecule has 29 heavy (non-hydrogen) atoms. The highest BCUT2D eigenvalue weighted by Crippen LogP contribution is 2.33. The van der Waals surface area contributed by atoms with Crippen molar-refractivity contribution in [3.05, 3.63) is 72.4 Å². The van der Waals surface area contributed by atoms with Gasteiger partial charge in [0.15, 0.2) is 0 Å². The Morgan fingerprint density at radius 2 is 1.90 bits per heavy atom. The van der Waals surface area contributed by atoms with Crippen LogP contribution in [0.2, 0.25) is 0 Å². The summed E-state index contributed by atoms with van der Waals surface area (Å²) in [6.45, 7) is 2.07. The Balaban J connectivity index is 1.68. The van der Waals surface area contributed by atoms with E-state index in [9.17, 15) is 4.79 Å². The number of para-hydroxylation sites is 2. The van der Waals surface area contributed by atoms with Gasteiger partial charge in [-0.15, -0.1) is 0 Å². The number of methoxy groups -OCH3 is 1. The van der Waals surface area contributed by atoms with Crippen molar-refractivity contribution in [2.75, 3.05) is 7.11 Å². The molecule has 1 atom stereocenters. The molecule has 4 rings (SSSR count). The minimum atomic E-state index is -0.0807. The summed E-state index contributed by atoms with van der Waals surface area (Å²) in [5.74, 6) is 1.28. The number of aromatic nitrogens is 2. The number of nitrogens with zero attached hydrogens (tertiary/aromatic N) is 2. The van der Waals surface area contributed by atoms with Crippen molar-refractivity contribution in [2.45, 2.75) is 25.8 Å². The molecule has 0 spiro atoms. The summed E-state index contributed by atoms with van der Waals surface area (Å²) in [7, 11) is 1.65. The lowest BCUT2D eigenvalue weighted by atomic mass is 10.1. The summed E-state index contributed by atoms with van der Waals surface area (Å²) in [6.07, 6.45) is 7.75. The van der Waals surface area contributed by atoms with Crippen LogP contribution in [0, 0.1) is 5.92 Å². The zero-order valence-corrected chi connectivity index (χ0v) is 16.7. The fourth-order valence-corrected chi connectivity index (χ4v) is 3.42. The number of amides is 1. The first-order chi connectivity index (χ1) is 14.2. The number of hydrogen-bond acceptors (Lipinski definition) is 3. The van der Waals surface area contributed by atoms with Crippen molar-refractivity contribution in [1.29, 1.82) is 0 Å². The highest BCUT2D eigenvalue weighted by molar-refractivity contribution is 5.93. The molecule has 1 fully saturated rings. The molecule has 1 saturated carbocycles. The Kier molecular flexibility index (Phi) is 5.47. The fraction of sp³-hybridized carbons (Fsp3) is 0.250. The van der Waals surface area contributed by atoms with Crippen LogP contribution < -0.4 is 10.1 Å². The SMILES string of the molecule is COc1ccccc1-c1nn(-c2ccccc2)cc1/C=C/C(=O)N[C@@H](C)C1CC1. The van der Waals surface area contributed by atoms with Crippen LogP contribution in [0.25, 0.3) is 23.0 Å². The molecule has 1 N–H and O–H groups in total. The number of carbonyl (C=O) groups excluding carboxylic acids is 1. The van der Waals surface area contributed by atoms with Crippen molar-refractivity contribution in [1.82, 2.24) is 15.1 Å². The smallest absolute Gasteiger partial charge is 0.244 e. The van der Waals surface area contributed by atoms with E-state index in [-0.39, 0.29) is 11.9 Å². The van der Waals surface area contributed by atoms with E-state index in [1.165, 1.54) is 12.8 Å². The van der Waals surface area contributed by atoms with E-state index in [0.29, 0.717) is 5.92 Å². The lowest BCUT2D eigenvalue weighted by Crippen LogP contribution is -2.32. The Labute approximate surface area is 171 Å². The number of rotatable bonds is 7. The molecule has 1 aromatic heterocycles. The summed E-state index contributed by atoms with van der Waals surface area (Å²) in [4.78, 5) is 12.4. The Hall–Kier alpha value is -3.34. The van der Waals surface area contributed by atoms with E-state index < -0.39 is 0 Å². The van der Waals surface area contributed by atoms with Gasteiger partial charge in [0, 0.05) is 29.4 Å². The van der Waals surface area contributed by atoms with Crippen LogP contribution in [0.3, 0.4) is 0 Å². The van der Waals surface area contributed by atoms with Crippen molar-refractivity contribution < 1.29 is 9.53 Å². The molecular weight excluding hydrogens is 362 g/mol. The van der Waals surface area contributed by atoms with Gasteiger partial charge in [-0.25, -0.2) is 4.68 Å². The van der Waals surface area contributed by atoms with Gasteiger partial charge in [-0.1, -0.05) is 30.3 Å². The first kappa shape index (κ1) is 19.0. The number of nitrogens with one attached hydrogen (secondary N) is 1. The topological polar surface area (TPSA) is 56.2 Å². The van der Waals surface area contributed by atoms with E-state index in [1.807, 2.05) is 71.6 Å². The minimum Gasteiger partial charge on any atom is -0.496 e. The van der Waals surface area contributed by atoms with Crippen LogP contribution in [0.1, 0.15) is 25.3 Å². The second-order valence-electron chi connectivity index (χ2n) is 7.38. The first-order valence-corrected chi connectivity index (χ1v) is 9.93. The van der Waals surface area contributed by atoms with E-state index in [0.717, 1.165) is 28.3 Å². The lowest BCUT2D eigenvalue weighted by molar-refractivity contribution is -0.117. The van der Waals surface area contributed by atoms with E-state index in [4.69, 9.17) is 9.84 Å². The third-order valence-corrected chi connectivity index (χ3v) is 5.24. The fourth-order valence-electron chi connectivity index (χ4n) is 3.42. The van der Waals surface area contributed by atoms with Gasteiger partial charge in [-0.05, 0) is 56.0 Å². The summed E-state index contributed by atoms with van der Waals surface area (Å²) >= 11 is 0. The number of benzene rings is 2. The molecule has 148 valence electrons. The van der Waals surface area contributed by atoms with Crippen molar-refractivity contribution >= 4 is 12.0 Å². The zero-order valence-electron chi connectivity index (χ0n) is 16.7. The zero-order chi connectivity index (χ0) is 20.2. The number of hydrogen-bond donors (Lipinski definition) is 1. The molecule has 5 nitrogen and oxygen atoms in total. The summed E-state index contributed by atoms with van der Waals surface area (Å²) in [5, 5.41) is 7.84. The van der Waals surface area contributed by atoms with Crippen LogP contribution in [-0.2, 0) is 4.79 Å². The van der Waals surface area contributed by atoms with Gasteiger partial charge in [-0.3, -0.25) is 4.79 Å². The predicted octanol–water partition coefficient (Wildman–Crippen LogP) is 4.48. The van der Waals surface area contributed by atoms with Crippen LogP contribution >= 0.6 is 0 Å². The normalized spacial score (nSPS) is 14.7. The highest BCUT2D eigenvalue weighted by Gasteiger charge is 2.28. The van der Waals surface area contributed by atoms with Gasteiger partial charge in [-0.2, -0.15) is 5.10 Å². The quantitative estimate of drug-likeness (QED) is 0.608. The highest BCUT2D eigenvalue weighted by atomic mass is 16.5. The maximum atomic E-state index is 12.4. The molecule has 1 aliphatic rings. The average molecular weight is 387 g/mol. The lowest BCUT2D eigenvalue weighted by Gasteiger charge is -2.10. The monoisotopic (exact) mass is 387 g/mol. The second kappa shape index (κ2) is 8.35. The number of carbonyl (C=O) groups is 1. The van der Waals surface area contributed by atoms with Crippen molar-refractivity contribution in [3.8, 4) is 22.7 Å². The van der Waals surface area contributed by atoms with Gasteiger partial charge in [0.1, 0.15) is 11.4 Å². The third kappa shape index (κ3) is 4.40. The van der Waals surface area contributed by atoms with E-state index in [2.05, 4.69) is 12.2 Å². The number of ether oxygens (including phenoxy) is 1. The molecule has 0 aliphatic heterocycles. The molecule has 1 aliphatic carbocycles. The van der Waals surface area contributed by atoms with Crippen LogP contribution in [0.4, 0.5) is 0 Å². The molecule has 1 heterocycles. The van der Waals surface area contributed by atoms with Crippen LogP contribution in [0.5, 0.6) is 5.75 Å². The molecule has 0 unspecified atom stereocenters. The van der Waals surface area contributed by atoms with Crippen LogP contribution in [-0.4, -0.2) is 28.8 Å². The third-order valence-electron chi connectivity index (χ3n) is 5.24.